The molecule has 1 amide bonds. The maximum Gasteiger partial charge on any atom is 0.248 e. The van der Waals surface area contributed by atoms with E-state index in [1.807, 2.05) is 4.90 Å². The maximum absolute atomic E-state index is 11.6. The molecule has 0 spiro atoms. The minimum Gasteiger partial charge on any atom is -0.382 e. The van der Waals surface area contributed by atoms with Crippen LogP contribution in [0.25, 0.3) is 0 Å². The van der Waals surface area contributed by atoms with Gasteiger partial charge in [0.2, 0.25) is 5.91 Å². The van der Waals surface area contributed by atoms with Crippen molar-refractivity contribution in [2.75, 3.05) is 40.0 Å². The molecule has 0 aromatic rings. The molecule has 0 aromatic heterocycles. The van der Waals surface area contributed by atoms with Crippen molar-refractivity contribution in [2.45, 2.75) is 17.7 Å². The highest BCUT2D eigenvalue weighted by atomic mass is 79.9. The third-order valence-electron chi connectivity index (χ3n) is 2.43. The second-order valence-corrected chi connectivity index (χ2v) is 4.90. The van der Waals surface area contributed by atoms with Crippen LogP contribution in [0.2, 0.25) is 0 Å². The fourth-order valence-electron chi connectivity index (χ4n) is 1.49. The summed E-state index contributed by atoms with van der Waals surface area (Å²) in [6.07, 6.45) is 2.06. The number of carbonyl (C=O) groups excluding carboxylic acids is 1. The van der Waals surface area contributed by atoms with Crippen LogP contribution in [0.5, 0.6) is 0 Å². The summed E-state index contributed by atoms with van der Waals surface area (Å²) >= 11 is 3.55. The van der Waals surface area contributed by atoms with Gasteiger partial charge in [-0.1, -0.05) is 15.9 Å². The molecule has 4 nitrogen and oxygen atoms in total. The summed E-state index contributed by atoms with van der Waals surface area (Å²) in [6.45, 7) is 2.87. The van der Waals surface area contributed by atoms with Crippen molar-refractivity contribution in [3.05, 3.63) is 0 Å². The van der Waals surface area contributed by atoms with Gasteiger partial charge in [0, 0.05) is 25.0 Å². The Morgan fingerprint density at radius 2 is 2.07 bits per heavy atom. The van der Waals surface area contributed by atoms with Crippen LogP contribution in [0, 0.1) is 0 Å². The molecule has 0 atom stereocenters. The van der Waals surface area contributed by atoms with Gasteiger partial charge in [-0.3, -0.25) is 4.79 Å². The fourth-order valence-corrected chi connectivity index (χ4v) is 1.90. The summed E-state index contributed by atoms with van der Waals surface area (Å²) in [5, 5.41) is 0. The molecule has 88 valence electrons. The number of hydrogen-bond donors (Lipinski definition) is 0. The Labute approximate surface area is 99.0 Å². The van der Waals surface area contributed by atoms with Gasteiger partial charge in [0.15, 0.2) is 0 Å². The molecule has 1 fully saturated rings. The third kappa shape index (κ3) is 4.95. The second-order valence-electron chi connectivity index (χ2n) is 3.60. The SMILES string of the molecule is COCCOCC(=O)N1CCC(Br)CC1. The molecule has 15 heavy (non-hydrogen) atoms. The quantitative estimate of drug-likeness (QED) is 0.558. The first kappa shape index (κ1) is 12.9. The third-order valence-corrected chi connectivity index (χ3v) is 3.35. The lowest BCUT2D eigenvalue weighted by Crippen LogP contribution is -2.40. The van der Waals surface area contributed by atoms with Crippen molar-refractivity contribution < 1.29 is 14.3 Å². The van der Waals surface area contributed by atoms with Gasteiger partial charge in [-0.15, -0.1) is 0 Å². The average Bonchev–Trinajstić information content (AvgIpc) is 2.25. The molecule has 1 rings (SSSR count). The number of likely N-dealkylation sites (tertiary alicyclic amines) is 1. The zero-order chi connectivity index (χ0) is 11.1. The first-order valence-corrected chi connectivity index (χ1v) is 6.14. The lowest BCUT2D eigenvalue weighted by Gasteiger charge is -2.29. The van der Waals surface area contributed by atoms with Crippen LogP contribution in [0.1, 0.15) is 12.8 Å². The molecule has 5 heteroatoms. The lowest BCUT2D eigenvalue weighted by atomic mass is 10.1. The first-order valence-electron chi connectivity index (χ1n) is 5.22. The molecule has 0 unspecified atom stereocenters. The summed E-state index contributed by atoms with van der Waals surface area (Å²) in [6, 6.07) is 0. The average molecular weight is 280 g/mol. The second kappa shape index (κ2) is 7.19. The summed E-state index contributed by atoms with van der Waals surface area (Å²) in [5.74, 6) is 0.0884. The molecule has 1 aliphatic rings. The molecule has 1 aliphatic heterocycles. The van der Waals surface area contributed by atoms with E-state index in [9.17, 15) is 4.79 Å². The zero-order valence-corrected chi connectivity index (χ0v) is 10.7. The number of piperidine rings is 1. The number of methoxy groups -OCH3 is 1. The summed E-state index contributed by atoms with van der Waals surface area (Å²) in [5.41, 5.74) is 0. The number of nitrogens with zero attached hydrogens (tertiary/aromatic N) is 1. The van der Waals surface area contributed by atoms with E-state index in [1.54, 1.807) is 7.11 Å². The Bertz CT molecular complexity index is 193. The normalized spacial score (nSPS) is 18.1. The highest BCUT2D eigenvalue weighted by Crippen LogP contribution is 2.17. The minimum absolute atomic E-state index is 0.0884. The number of ether oxygens (including phenoxy) is 2. The van der Waals surface area contributed by atoms with E-state index >= 15 is 0 Å². The van der Waals surface area contributed by atoms with Crippen molar-refractivity contribution in [1.29, 1.82) is 0 Å². The van der Waals surface area contributed by atoms with Gasteiger partial charge in [0.25, 0.3) is 0 Å². The Hall–Kier alpha value is -0.130. The summed E-state index contributed by atoms with van der Waals surface area (Å²) < 4.78 is 10.0. The van der Waals surface area contributed by atoms with Gasteiger partial charge in [-0.05, 0) is 12.8 Å². The molecule has 0 saturated carbocycles. The number of alkyl halides is 1. The van der Waals surface area contributed by atoms with Crippen molar-refractivity contribution in [2.24, 2.45) is 0 Å². The molecular weight excluding hydrogens is 262 g/mol. The zero-order valence-electron chi connectivity index (χ0n) is 9.08. The standard InChI is InChI=1S/C10H18BrNO3/c1-14-6-7-15-8-10(13)12-4-2-9(11)3-5-12/h9H,2-8H2,1H3. The number of carbonyl (C=O) groups is 1. The van der Waals surface area contributed by atoms with Crippen molar-refractivity contribution in [3.63, 3.8) is 0 Å². The Morgan fingerprint density at radius 3 is 2.67 bits per heavy atom. The van der Waals surface area contributed by atoms with E-state index in [1.165, 1.54) is 0 Å². The van der Waals surface area contributed by atoms with Crippen LogP contribution in [0.15, 0.2) is 0 Å². The Balaban J connectivity index is 2.11. The van der Waals surface area contributed by atoms with E-state index in [-0.39, 0.29) is 12.5 Å². The number of halogens is 1. The monoisotopic (exact) mass is 279 g/mol. The van der Waals surface area contributed by atoms with E-state index in [0.29, 0.717) is 18.0 Å². The van der Waals surface area contributed by atoms with Gasteiger partial charge in [-0.2, -0.15) is 0 Å². The molecular formula is C10H18BrNO3. The summed E-state index contributed by atoms with van der Waals surface area (Å²) in [7, 11) is 1.62. The van der Waals surface area contributed by atoms with Crippen molar-refractivity contribution in [1.82, 2.24) is 4.90 Å². The van der Waals surface area contributed by atoms with Crippen molar-refractivity contribution >= 4 is 21.8 Å². The molecule has 0 bridgehead atoms. The highest BCUT2D eigenvalue weighted by Gasteiger charge is 2.20. The van der Waals surface area contributed by atoms with Gasteiger partial charge in [-0.25, -0.2) is 0 Å². The number of rotatable bonds is 5. The predicted molar refractivity (Wildman–Crippen MR) is 61.2 cm³/mol. The molecule has 1 heterocycles. The van der Waals surface area contributed by atoms with E-state index < -0.39 is 0 Å². The van der Waals surface area contributed by atoms with Gasteiger partial charge < -0.3 is 14.4 Å². The Morgan fingerprint density at radius 1 is 1.40 bits per heavy atom. The molecule has 1 saturated heterocycles. The van der Waals surface area contributed by atoms with E-state index in [2.05, 4.69) is 15.9 Å². The first-order chi connectivity index (χ1) is 7.24. The molecule has 0 N–H and O–H groups in total. The van der Waals surface area contributed by atoms with Crippen LogP contribution in [0.4, 0.5) is 0 Å². The van der Waals surface area contributed by atoms with Crippen LogP contribution >= 0.6 is 15.9 Å². The van der Waals surface area contributed by atoms with Crippen LogP contribution in [-0.4, -0.2) is 55.7 Å². The minimum atomic E-state index is 0.0884. The van der Waals surface area contributed by atoms with E-state index in [0.717, 1.165) is 25.9 Å². The molecule has 0 aliphatic carbocycles. The largest absolute Gasteiger partial charge is 0.382 e. The molecule has 0 radical (unpaired) electrons. The van der Waals surface area contributed by atoms with Gasteiger partial charge in [0.05, 0.1) is 13.2 Å². The van der Waals surface area contributed by atoms with Gasteiger partial charge in [0.1, 0.15) is 6.61 Å². The van der Waals surface area contributed by atoms with E-state index in [4.69, 9.17) is 9.47 Å². The highest BCUT2D eigenvalue weighted by molar-refractivity contribution is 9.09. The lowest BCUT2D eigenvalue weighted by molar-refractivity contribution is -0.137. The molecule has 0 aromatic carbocycles. The maximum atomic E-state index is 11.6. The smallest absolute Gasteiger partial charge is 0.248 e. The number of hydrogen-bond acceptors (Lipinski definition) is 3. The van der Waals surface area contributed by atoms with Crippen molar-refractivity contribution in [3.8, 4) is 0 Å². The fraction of sp³-hybridized carbons (Fsp3) is 0.900. The predicted octanol–water partition coefficient (Wildman–Crippen LogP) is 1.04. The van der Waals surface area contributed by atoms with Crippen LogP contribution in [-0.2, 0) is 14.3 Å². The van der Waals surface area contributed by atoms with Gasteiger partial charge >= 0.3 is 0 Å². The number of amides is 1. The van der Waals surface area contributed by atoms with Crippen LogP contribution in [0.3, 0.4) is 0 Å². The topological polar surface area (TPSA) is 38.8 Å². The summed E-state index contributed by atoms with van der Waals surface area (Å²) in [4.78, 5) is 14.0. The van der Waals surface area contributed by atoms with Crippen LogP contribution < -0.4 is 0 Å². The Kier molecular flexibility index (Phi) is 6.20.